The second kappa shape index (κ2) is 16.9. The van der Waals surface area contributed by atoms with Crippen LogP contribution in [-0.4, -0.2) is 43.9 Å². The zero-order valence-corrected chi connectivity index (χ0v) is 24.4. The summed E-state index contributed by atoms with van der Waals surface area (Å²) in [6.07, 6.45) is -1.03. The van der Waals surface area contributed by atoms with Gasteiger partial charge in [-0.1, -0.05) is 127 Å². The van der Waals surface area contributed by atoms with Crippen molar-refractivity contribution in [3.8, 4) is 0 Å². The molecule has 5 atom stereocenters. The van der Waals surface area contributed by atoms with Gasteiger partial charge in [0.25, 0.3) is 0 Å². The van der Waals surface area contributed by atoms with Crippen LogP contribution in [0.2, 0.25) is 0 Å². The van der Waals surface area contributed by atoms with E-state index >= 15 is 0 Å². The molecule has 1 heterocycles. The smallest absolute Gasteiger partial charge is 0.187 e. The third-order valence-corrected chi connectivity index (χ3v) is 7.22. The quantitative estimate of drug-likeness (QED) is 0.135. The van der Waals surface area contributed by atoms with Crippen molar-refractivity contribution < 1.29 is 28.4 Å². The summed E-state index contributed by atoms with van der Waals surface area (Å²) in [4.78, 5) is 0. The highest BCUT2D eigenvalue weighted by Crippen LogP contribution is 2.31. The molecule has 0 spiro atoms. The Morgan fingerprint density at radius 1 is 0.512 bits per heavy atom. The molecule has 6 nitrogen and oxygen atoms in total. The van der Waals surface area contributed by atoms with E-state index in [9.17, 15) is 0 Å². The van der Waals surface area contributed by atoms with Crippen LogP contribution < -0.4 is 0 Å². The maximum absolute atomic E-state index is 6.66. The van der Waals surface area contributed by atoms with Crippen molar-refractivity contribution in [2.24, 2.45) is 0 Å². The summed E-state index contributed by atoms with van der Waals surface area (Å²) < 4.78 is 38.8. The summed E-state index contributed by atoms with van der Waals surface area (Å²) in [5.74, 6) is 0. The summed E-state index contributed by atoms with van der Waals surface area (Å²) in [6.45, 7) is 6.07. The molecule has 0 saturated carbocycles. The molecule has 6 heteroatoms. The molecule has 224 valence electrons. The number of rotatable bonds is 16. The van der Waals surface area contributed by atoms with Crippen molar-refractivity contribution in [1.82, 2.24) is 0 Å². The molecule has 0 N–H and O–H groups in total. The fourth-order valence-electron chi connectivity index (χ4n) is 5.05. The first-order valence-corrected chi connectivity index (χ1v) is 14.8. The lowest BCUT2D eigenvalue weighted by atomic mass is 9.98. The van der Waals surface area contributed by atoms with Crippen LogP contribution in [0.3, 0.4) is 0 Å². The van der Waals surface area contributed by atoms with Gasteiger partial charge in [0.1, 0.15) is 24.4 Å². The van der Waals surface area contributed by atoms with Crippen LogP contribution in [0.25, 0.3) is 0 Å². The molecule has 0 amide bonds. The maximum Gasteiger partial charge on any atom is 0.187 e. The van der Waals surface area contributed by atoms with Crippen molar-refractivity contribution in [2.75, 3.05) is 13.2 Å². The Bertz CT molecular complexity index is 1320. The highest BCUT2D eigenvalue weighted by atomic mass is 16.7. The third-order valence-electron chi connectivity index (χ3n) is 7.22. The van der Waals surface area contributed by atoms with Crippen molar-refractivity contribution >= 4 is 0 Å². The molecule has 4 aromatic carbocycles. The first-order chi connectivity index (χ1) is 21.3. The molecule has 1 fully saturated rings. The Kier molecular flexibility index (Phi) is 12.1. The Morgan fingerprint density at radius 2 is 0.953 bits per heavy atom. The van der Waals surface area contributed by atoms with E-state index in [0.29, 0.717) is 39.6 Å². The Labute approximate surface area is 254 Å². The predicted molar refractivity (Wildman–Crippen MR) is 166 cm³/mol. The van der Waals surface area contributed by atoms with Gasteiger partial charge in [-0.2, -0.15) is 0 Å². The van der Waals surface area contributed by atoms with E-state index < -0.39 is 30.7 Å². The highest BCUT2D eigenvalue weighted by Gasteiger charge is 2.49. The van der Waals surface area contributed by atoms with Crippen molar-refractivity contribution in [2.45, 2.75) is 57.1 Å². The molecule has 0 unspecified atom stereocenters. The lowest BCUT2D eigenvalue weighted by Gasteiger charge is -2.45. The molecule has 1 aliphatic rings. The van der Waals surface area contributed by atoms with Crippen LogP contribution in [0.15, 0.2) is 134 Å². The predicted octanol–water partition coefficient (Wildman–Crippen LogP) is 6.89. The molecule has 1 saturated heterocycles. The van der Waals surface area contributed by atoms with Gasteiger partial charge in [-0.05, 0) is 22.3 Å². The summed E-state index contributed by atoms with van der Waals surface area (Å²) >= 11 is 0. The van der Waals surface area contributed by atoms with Crippen molar-refractivity contribution in [3.63, 3.8) is 0 Å². The molecule has 43 heavy (non-hydrogen) atoms. The van der Waals surface area contributed by atoms with Crippen LogP contribution in [0, 0.1) is 0 Å². The molecular weight excluding hydrogens is 540 g/mol. The van der Waals surface area contributed by atoms with E-state index in [0.717, 1.165) is 22.3 Å². The van der Waals surface area contributed by atoms with Crippen molar-refractivity contribution in [1.29, 1.82) is 0 Å². The summed E-state index contributed by atoms with van der Waals surface area (Å²) in [5, 5.41) is 0. The maximum atomic E-state index is 6.66. The molecule has 0 aromatic heterocycles. The monoisotopic (exact) mass is 580 g/mol. The fourth-order valence-corrected chi connectivity index (χ4v) is 5.05. The van der Waals surface area contributed by atoms with Crippen LogP contribution in [0.5, 0.6) is 0 Å². The van der Waals surface area contributed by atoms with Gasteiger partial charge in [-0.3, -0.25) is 0 Å². The van der Waals surface area contributed by atoms with Crippen LogP contribution in [0.1, 0.15) is 22.3 Å². The molecule has 4 aromatic rings. The van der Waals surface area contributed by atoms with Gasteiger partial charge in [0.05, 0.1) is 39.6 Å². The van der Waals surface area contributed by atoms with Crippen LogP contribution in [0.4, 0.5) is 0 Å². The van der Waals surface area contributed by atoms with Gasteiger partial charge in [0.15, 0.2) is 6.29 Å². The van der Waals surface area contributed by atoms with Crippen molar-refractivity contribution in [3.05, 3.63) is 156 Å². The molecule has 5 rings (SSSR count). The normalized spacial score (nSPS) is 21.8. The Morgan fingerprint density at radius 3 is 1.44 bits per heavy atom. The minimum absolute atomic E-state index is 0.291. The minimum Gasteiger partial charge on any atom is -0.374 e. The van der Waals surface area contributed by atoms with Gasteiger partial charge in [0, 0.05) is 0 Å². The zero-order chi connectivity index (χ0) is 29.5. The van der Waals surface area contributed by atoms with Gasteiger partial charge < -0.3 is 28.4 Å². The first kappa shape index (κ1) is 30.8. The molecule has 0 bridgehead atoms. The van der Waals surface area contributed by atoms with E-state index in [1.165, 1.54) is 0 Å². The molecule has 1 aliphatic heterocycles. The summed E-state index contributed by atoms with van der Waals surface area (Å²) in [7, 11) is 0. The largest absolute Gasteiger partial charge is 0.374 e. The lowest BCUT2D eigenvalue weighted by molar-refractivity contribution is -0.328. The average Bonchev–Trinajstić information content (AvgIpc) is 3.07. The van der Waals surface area contributed by atoms with Crippen LogP contribution in [-0.2, 0) is 54.8 Å². The van der Waals surface area contributed by atoms with Gasteiger partial charge >= 0.3 is 0 Å². The van der Waals surface area contributed by atoms with Gasteiger partial charge in [-0.25, -0.2) is 0 Å². The van der Waals surface area contributed by atoms with E-state index in [4.69, 9.17) is 28.4 Å². The van der Waals surface area contributed by atoms with Crippen LogP contribution >= 0.6 is 0 Å². The number of ether oxygens (including phenoxy) is 6. The molecule has 0 radical (unpaired) electrons. The number of benzene rings is 4. The summed E-state index contributed by atoms with van der Waals surface area (Å²) in [5.41, 5.74) is 4.22. The van der Waals surface area contributed by atoms with Gasteiger partial charge in [-0.15, -0.1) is 6.58 Å². The minimum atomic E-state index is -0.722. The first-order valence-electron chi connectivity index (χ1n) is 14.8. The fraction of sp³-hybridized carbons (Fsp3) is 0.297. The topological polar surface area (TPSA) is 55.4 Å². The standard InChI is InChI=1S/C37H40O6/c1-2-23-39-35-34(40-25-30-17-9-4-10-18-30)33(28-38-24-29-15-7-3-8-16-29)43-37(42-27-32-21-13-6-14-22-32)36(35)41-26-31-19-11-5-12-20-31/h2-22,33-37H,1,23-28H2/t33-,34+,35+,36-,37-/m1/s1. The Hall–Kier alpha value is -3.62. The number of hydrogen-bond acceptors (Lipinski definition) is 6. The average molecular weight is 581 g/mol. The third kappa shape index (κ3) is 9.43. The second-order valence-corrected chi connectivity index (χ2v) is 10.4. The highest BCUT2D eigenvalue weighted by molar-refractivity contribution is 5.16. The molecular formula is C37H40O6. The lowest BCUT2D eigenvalue weighted by Crippen LogP contribution is -2.61. The van der Waals surface area contributed by atoms with E-state index in [-0.39, 0.29) is 0 Å². The van der Waals surface area contributed by atoms with Gasteiger partial charge in [0.2, 0.25) is 0 Å². The SMILES string of the molecule is C=CCO[C@H]1[C@@H](OCc2ccccc2)[C@@H](COCc2ccccc2)O[C@@H](OCc2ccccc2)[C@@H]1OCc1ccccc1. The van der Waals surface area contributed by atoms with E-state index in [1.807, 2.05) is 121 Å². The number of hydrogen-bond donors (Lipinski definition) is 0. The Balaban J connectivity index is 1.40. The molecule has 0 aliphatic carbocycles. The zero-order valence-electron chi connectivity index (χ0n) is 24.4. The van der Waals surface area contributed by atoms with E-state index in [2.05, 4.69) is 6.58 Å². The second-order valence-electron chi connectivity index (χ2n) is 10.4. The van der Waals surface area contributed by atoms with E-state index in [1.54, 1.807) is 6.08 Å². The summed E-state index contributed by atoms with van der Waals surface area (Å²) in [6, 6.07) is 40.2.